The zero-order valence-corrected chi connectivity index (χ0v) is 10.8. The van der Waals surface area contributed by atoms with Gasteiger partial charge in [0.15, 0.2) is 0 Å². The van der Waals surface area contributed by atoms with Crippen molar-refractivity contribution in [2.75, 3.05) is 13.6 Å². The van der Waals surface area contributed by atoms with E-state index in [0.717, 1.165) is 5.56 Å². The van der Waals surface area contributed by atoms with Crippen LogP contribution in [0.15, 0.2) is 30.3 Å². The Morgan fingerprint density at radius 2 is 1.89 bits per heavy atom. The molecule has 0 aliphatic carbocycles. The summed E-state index contributed by atoms with van der Waals surface area (Å²) in [5.74, 6) is -0.760. The first-order valence-corrected chi connectivity index (χ1v) is 6.01. The monoisotopic (exact) mass is 249 g/mol. The Morgan fingerprint density at radius 3 is 2.44 bits per heavy atom. The summed E-state index contributed by atoms with van der Waals surface area (Å²) in [7, 11) is 1.64. The van der Waals surface area contributed by atoms with E-state index in [-0.39, 0.29) is 24.8 Å². The second-order valence-corrected chi connectivity index (χ2v) is 4.47. The smallest absolute Gasteiger partial charge is 0.305 e. The first-order chi connectivity index (χ1) is 8.50. The topological polar surface area (TPSA) is 57.6 Å². The summed E-state index contributed by atoms with van der Waals surface area (Å²) in [4.78, 5) is 23.8. The molecule has 98 valence electrons. The number of amides is 1. The van der Waals surface area contributed by atoms with Crippen molar-refractivity contribution in [3.8, 4) is 0 Å². The third-order valence-corrected chi connectivity index (χ3v) is 2.94. The zero-order valence-electron chi connectivity index (χ0n) is 10.8. The highest BCUT2D eigenvalue weighted by molar-refractivity contribution is 5.77. The quantitative estimate of drug-likeness (QED) is 0.840. The highest BCUT2D eigenvalue weighted by atomic mass is 16.4. The second-order valence-electron chi connectivity index (χ2n) is 4.47. The standard InChI is InChI=1S/C14H19NO3/c1-11(12-6-4-3-5-7-12)10-13(16)15(2)9-8-14(17)18/h3-7,11H,8-10H2,1-2H3,(H,17,18). The molecule has 4 heteroatoms. The number of carbonyl (C=O) groups excluding carboxylic acids is 1. The Kier molecular flexibility index (Phi) is 5.36. The van der Waals surface area contributed by atoms with Crippen molar-refractivity contribution < 1.29 is 14.7 Å². The van der Waals surface area contributed by atoms with Gasteiger partial charge in [0.2, 0.25) is 5.91 Å². The fourth-order valence-corrected chi connectivity index (χ4v) is 1.71. The van der Waals surface area contributed by atoms with Crippen LogP contribution >= 0.6 is 0 Å². The normalized spacial score (nSPS) is 11.9. The molecule has 1 aromatic carbocycles. The molecule has 0 heterocycles. The maximum atomic E-state index is 11.9. The van der Waals surface area contributed by atoms with Crippen molar-refractivity contribution in [2.24, 2.45) is 0 Å². The molecule has 1 amide bonds. The zero-order chi connectivity index (χ0) is 13.5. The summed E-state index contributed by atoms with van der Waals surface area (Å²) in [6.07, 6.45) is 0.391. The van der Waals surface area contributed by atoms with Gasteiger partial charge in [-0.05, 0) is 11.5 Å². The van der Waals surface area contributed by atoms with Crippen molar-refractivity contribution >= 4 is 11.9 Å². The third-order valence-electron chi connectivity index (χ3n) is 2.94. The number of carboxylic acids is 1. The van der Waals surface area contributed by atoms with E-state index < -0.39 is 5.97 Å². The van der Waals surface area contributed by atoms with Crippen LogP contribution in [-0.4, -0.2) is 35.5 Å². The molecular weight excluding hydrogens is 230 g/mol. The number of hydrogen-bond donors (Lipinski definition) is 1. The van der Waals surface area contributed by atoms with E-state index in [1.54, 1.807) is 7.05 Å². The summed E-state index contributed by atoms with van der Waals surface area (Å²) in [6.45, 7) is 2.26. The average molecular weight is 249 g/mol. The average Bonchev–Trinajstić information content (AvgIpc) is 2.36. The van der Waals surface area contributed by atoms with E-state index in [4.69, 9.17) is 5.11 Å². The highest BCUT2D eigenvalue weighted by Gasteiger charge is 2.15. The van der Waals surface area contributed by atoms with Crippen LogP contribution in [0.1, 0.15) is 31.2 Å². The first kappa shape index (κ1) is 14.2. The molecule has 0 aromatic heterocycles. The van der Waals surface area contributed by atoms with Crippen molar-refractivity contribution in [1.82, 2.24) is 4.90 Å². The number of rotatable bonds is 6. The SMILES string of the molecule is CC(CC(=O)N(C)CCC(=O)O)c1ccccc1. The lowest BCUT2D eigenvalue weighted by Gasteiger charge is -2.19. The van der Waals surface area contributed by atoms with Crippen LogP contribution in [0.25, 0.3) is 0 Å². The van der Waals surface area contributed by atoms with Gasteiger partial charge >= 0.3 is 5.97 Å². The molecule has 0 aliphatic heterocycles. The molecular formula is C14H19NO3. The van der Waals surface area contributed by atoms with Crippen LogP contribution in [0.5, 0.6) is 0 Å². The Bertz CT molecular complexity index is 403. The largest absolute Gasteiger partial charge is 0.481 e. The van der Waals surface area contributed by atoms with Crippen molar-refractivity contribution in [3.63, 3.8) is 0 Å². The molecule has 0 saturated heterocycles. The van der Waals surface area contributed by atoms with Gasteiger partial charge in [-0.15, -0.1) is 0 Å². The predicted octanol–water partition coefficient (Wildman–Crippen LogP) is 2.11. The van der Waals surface area contributed by atoms with Crippen LogP contribution < -0.4 is 0 Å². The number of aliphatic carboxylic acids is 1. The summed E-state index contributed by atoms with van der Waals surface area (Å²) >= 11 is 0. The van der Waals surface area contributed by atoms with E-state index in [0.29, 0.717) is 6.42 Å². The second kappa shape index (κ2) is 6.79. The van der Waals surface area contributed by atoms with Gasteiger partial charge < -0.3 is 10.0 Å². The lowest BCUT2D eigenvalue weighted by atomic mass is 9.97. The maximum absolute atomic E-state index is 11.9. The summed E-state index contributed by atoms with van der Waals surface area (Å²) < 4.78 is 0. The number of carbonyl (C=O) groups is 2. The number of nitrogens with zero attached hydrogens (tertiary/aromatic N) is 1. The fourth-order valence-electron chi connectivity index (χ4n) is 1.71. The third kappa shape index (κ3) is 4.57. The summed E-state index contributed by atoms with van der Waals surface area (Å²) in [6, 6.07) is 9.83. The molecule has 1 unspecified atom stereocenters. The van der Waals surface area contributed by atoms with Crippen molar-refractivity contribution in [2.45, 2.75) is 25.7 Å². The molecule has 1 rings (SSSR count). The predicted molar refractivity (Wildman–Crippen MR) is 69.4 cm³/mol. The molecule has 4 nitrogen and oxygen atoms in total. The Labute approximate surface area is 107 Å². The minimum absolute atomic E-state index is 0.0119. The van der Waals surface area contributed by atoms with Gasteiger partial charge in [0.05, 0.1) is 6.42 Å². The summed E-state index contributed by atoms with van der Waals surface area (Å²) in [5.41, 5.74) is 1.12. The van der Waals surface area contributed by atoms with E-state index in [1.165, 1.54) is 4.90 Å². The Hall–Kier alpha value is -1.84. The van der Waals surface area contributed by atoms with Crippen LogP contribution in [0, 0.1) is 0 Å². The van der Waals surface area contributed by atoms with Gasteiger partial charge in [-0.1, -0.05) is 37.3 Å². The lowest BCUT2D eigenvalue weighted by Crippen LogP contribution is -2.29. The van der Waals surface area contributed by atoms with Crippen molar-refractivity contribution in [3.05, 3.63) is 35.9 Å². The molecule has 0 fully saturated rings. The van der Waals surface area contributed by atoms with E-state index in [9.17, 15) is 9.59 Å². The Balaban J connectivity index is 2.46. The van der Waals surface area contributed by atoms with Gasteiger partial charge in [0, 0.05) is 20.0 Å². The van der Waals surface area contributed by atoms with Gasteiger partial charge in [0.1, 0.15) is 0 Å². The van der Waals surface area contributed by atoms with E-state index in [1.807, 2.05) is 37.3 Å². The van der Waals surface area contributed by atoms with E-state index >= 15 is 0 Å². The highest BCUT2D eigenvalue weighted by Crippen LogP contribution is 2.19. The number of benzene rings is 1. The molecule has 0 saturated carbocycles. The molecule has 1 atom stereocenters. The minimum Gasteiger partial charge on any atom is -0.481 e. The van der Waals surface area contributed by atoms with E-state index in [2.05, 4.69) is 0 Å². The summed E-state index contributed by atoms with van der Waals surface area (Å²) in [5, 5.41) is 8.57. The lowest BCUT2D eigenvalue weighted by molar-refractivity contribution is -0.138. The molecule has 0 bridgehead atoms. The molecule has 0 spiro atoms. The molecule has 1 N–H and O–H groups in total. The number of hydrogen-bond acceptors (Lipinski definition) is 2. The maximum Gasteiger partial charge on any atom is 0.305 e. The van der Waals surface area contributed by atoms with Crippen LogP contribution in [0.3, 0.4) is 0 Å². The molecule has 18 heavy (non-hydrogen) atoms. The minimum atomic E-state index is -0.884. The van der Waals surface area contributed by atoms with Crippen LogP contribution in [-0.2, 0) is 9.59 Å². The van der Waals surface area contributed by atoms with Gasteiger partial charge in [-0.2, -0.15) is 0 Å². The molecule has 0 aliphatic rings. The number of carboxylic acid groups (broad SMARTS) is 1. The van der Waals surface area contributed by atoms with Crippen LogP contribution in [0.4, 0.5) is 0 Å². The van der Waals surface area contributed by atoms with Gasteiger partial charge in [0.25, 0.3) is 0 Å². The van der Waals surface area contributed by atoms with Gasteiger partial charge in [-0.3, -0.25) is 9.59 Å². The molecule has 0 radical (unpaired) electrons. The fraction of sp³-hybridized carbons (Fsp3) is 0.429. The Morgan fingerprint density at radius 1 is 1.28 bits per heavy atom. The van der Waals surface area contributed by atoms with Gasteiger partial charge in [-0.25, -0.2) is 0 Å². The van der Waals surface area contributed by atoms with Crippen LogP contribution in [0.2, 0.25) is 0 Å². The van der Waals surface area contributed by atoms with Crippen molar-refractivity contribution in [1.29, 1.82) is 0 Å². The first-order valence-electron chi connectivity index (χ1n) is 6.01. The molecule has 1 aromatic rings.